The number of rotatable bonds is 11. The van der Waals surface area contributed by atoms with Crippen LogP contribution in [0.2, 0.25) is 0 Å². The molecule has 0 radical (unpaired) electrons. The van der Waals surface area contributed by atoms with E-state index in [2.05, 4.69) is 34.5 Å². The van der Waals surface area contributed by atoms with Gasteiger partial charge in [0.2, 0.25) is 5.91 Å². The maximum atomic E-state index is 13.4. The first kappa shape index (κ1) is 27.2. The van der Waals surface area contributed by atoms with Crippen molar-refractivity contribution in [2.24, 2.45) is 0 Å². The summed E-state index contributed by atoms with van der Waals surface area (Å²) in [7, 11) is 0. The van der Waals surface area contributed by atoms with Crippen molar-refractivity contribution in [1.29, 1.82) is 0 Å². The SMILES string of the molecule is O=C(CCCCCCN(C(=O)Nc1ccc(-c2ccccc2)cc1)c1ccc(N2CCCCC2)cc1)NO. The second kappa shape index (κ2) is 14.2. The molecule has 3 aromatic carbocycles. The Morgan fingerprint density at radius 3 is 2.11 bits per heavy atom. The maximum Gasteiger partial charge on any atom is 0.326 e. The maximum absolute atomic E-state index is 13.4. The Morgan fingerprint density at radius 2 is 1.42 bits per heavy atom. The van der Waals surface area contributed by atoms with Gasteiger partial charge in [-0.1, -0.05) is 55.3 Å². The zero-order chi connectivity index (χ0) is 26.6. The zero-order valence-corrected chi connectivity index (χ0v) is 21.9. The molecule has 4 rings (SSSR count). The first-order valence-electron chi connectivity index (χ1n) is 13.7. The number of piperidine rings is 1. The fourth-order valence-electron chi connectivity index (χ4n) is 4.88. The van der Waals surface area contributed by atoms with Gasteiger partial charge in [0.15, 0.2) is 0 Å². The van der Waals surface area contributed by atoms with Crippen molar-refractivity contribution in [2.45, 2.75) is 51.4 Å². The molecule has 1 saturated heterocycles. The summed E-state index contributed by atoms with van der Waals surface area (Å²) in [5, 5.41) is 11.7. The van der Waals surface area contributed by atoms with Crippen LogP contribution in [0.5, 0.6) is 0 Å². The molecule has 1 heterocycles. The third-order valence-corrected chi connectivity index (χ3v) is 7.03. The summed E-state index contributed by atoms with van der Waals surface area (Å²) in [5.74, 6) is -0.363. The predicted octanol–water partition coefficient (Wildman–Crippen LogP) is 6.84. The number of carbonyl (C=O) groups is 2. The highest BCUT2D eigenvalue weighted by Gasteiger charge is 2.17. The minimum absolute atomic E-state index is 0.164. The molecule has 0 saturated carbocycles. The quantitative estimate of drug-likeness (QED) is 0.149. The Kier molecular flexibility index (Phi) is 10.2. The first-order chi connectivity index (χ1) is 18.6. The Labute approximate surface area is 225 Å². The predicted molar refractivity (Wildman–Crippen MR) is 154 cm³/mol. The molecule has 1 aliphatic heterocycles. The molecule has 0 bridgehead atoms. The lowest BCUT2D eigenvalue weighted by Crippen LogP contribution is -2.36. The summed E-state index contributed by atoms with van der Waals surface area (Å²) < 4.78 is 0. The highest BCUT2D eigenvalue weighted by Crippen LogP contribution is 2.26. The number of hydrogen-bond donors (Lipinski definition) is 3. The Morgan fingerprint density at radius 1 is 0.763 bits per heavy atom. The van der Waals surface area contributed by atoms with E-state index < -0.39 is 0 Å². The van der Waals surface area contributed by atoms with Gasteiger partial charge in [-0.25, -0.2) is 10.3 Å². The van der Waals surface area contributed by atoms with Gasteiger partial charge in [-0.05, 0) is 79.6 Å². The highest BCUT2D eigenvalue weighted by molar-refractivity contribution is 6.02. The average molecular weight is 515 g/mol. The average Bonchev–Trinajstić information content (AvgIpc) is 2.98. The van der Waals surface area contributed by atoms with Crippen molar-refractivity contribution < 1.29 is 14.8 Å². The topological polar surface area (TPSA) is 84.9 Å². The third kappa shape index (κ3) is 7.83. The lowest BCUT2D eigenvalue weighted by molar-refractivity contribution is -0.129. The molecule has 0 spiro atoms. The van der Waals surface area contributed by atoms with E-state index in [0.717, 1.165) is 54.9 Å². The molecular weight excluding hydrogens is 476 g/mol. The monoisotopic (exact) mass is 514 g/mol. The number of nitrogens with one attached hydrogen (secondary N) is 2. The van der Waals surface area contributed by atoms with Gasteiger partial charge in [-0.2, -0.15) is 0 Å². The number of amides is 3. The highest BCUT2D eigenvalue weighted by atomic mass is 16.5. The van der Waals surface area contributed by atoms with Gasteiger partial charge in [0.1, 0.15) is 0 Å². The van der Waals surface area contributed by atoms with Gasteiger partial charge < -0.3 is 10.2 Å². The second-order valence-corrected chi connectivity index (χ2v) is 9.79. The summed E-state index contributed by atoms with van der Waals surface area (Å²) in [4.78, 5) is 28.9. The van der Waals surface area contributed by atoms with Crippen molar-refractivity contribution in [2.75, 3.05) is 34.8 Å². The van der Waals surface area contributed by atoms with Crippen LogP contribution >= 0.6 is 0 Å². The number of hydroxylamine groups is 1. The molecule has 3 aromatic rings. The van der Waals surface area contributed by atoms with Crippen molar-refractivity contribution >= 4 is 29.0 Å². The zero-order valence-electron chi connectivity index (χ0n) is 21.9. The van der Waals surface area contributed by atoms with Crippen molar-refractivity contribution in [3.8, 4) is 11.1 Å². The van der Waals surface area contributed by atoms with Crippen LogP contribution in [0, 0.1) is 0 Å². The van der Waals surface area contributed by atoms with E-state index in [9.17, 15) is 9.59 Å². The number of carbonyl (C=O) groups excluding carboxylic acids is 2. The van der Waals surface area contributed by atoms with Crippen LogP contribution in [0.15, 0.2) is 78.9 Å². The molecule has 200 valence electrons. The molecule has 0 aliphatic carbocycles. The summed E-state index contributed by atoms with van der Waals surface area (Å²) in [6.07, 6.45) is 7.31. The van der Waals surface area contributed by atoms with E-state index in [1.807, 2.05) is 54.6 Å². The van der Waals surface area contributed by atoms with E-state index >= 15 is 0 Å². The van der Waals surface area contributed by atoms with Crippen LogP contribution < -0.4 is 20.6 Å². The Bertz CT molecular complexity index is 1140. The van der Waals surface area contributed by atoms with Gasteiger partial charge in [-0.3, -0.25) is 14.9 Å². The summed E-state index contributed by atoms with van der Waals surface area (Å²) in [5.41, 5.74) is 6.72. The lowest BCUT2D eigenvalue weighted by atomic mass is 10.1. The fraction of sp³-hybridized carbons (Fsp3) is 0.355. The van der Waals surface area contributed by atoms with Gasteiger partial charge in [0.25, 0.3) is 0 Å². The molecule has 1 aliphatic rings. The molecule has 0 atom stereocenters. The minimum atomic E-state index is -0.363. The number of unbranched alkanes of at least 4 members (excludes halogenated alkanes) is 3. The Balaban J connectivity index is 1.41. The summed E-state index contributed by atoms with van der Waals surface area (Å²) in [6, 6.07) is 26.2. The minimum Gasteiger partial charge on any atom is -0.372 e. The van der Waals surface area contributed by atoms with Gasteiger partial charge in [0.05, 0.1) is 0 Å². The Hall–Kier alpha value is -3.84. The van der Waals surface area contributed by atoms with Crippen LogP contribution in [0.1, 0.15) is 51.4 Å². The van der Waals surface area contributed by atoms with Gasteiger partial charge >= 0.3 is 6.03 Å². The van der Waals surface area contributed by atoms with E-state index in [4.69, 9.17) is 5.21 Å². The van der Waals surface area contributed by atoms with E-state index in [1.165, 1.54) is 24.9 Å². The normalized spacial score (nSPS) is 13.1. The van der Waals surface area contributed by atoms with Crippen LogP contribution in [0.4, 0.5) is 21.9 Å². The smallest absolute Gasteiger partial charge is 0.326 e. The third-order valence-electron chi connectivity index (χ3n) is 7.03. The second-order valence-electron chi connectivity index (χ2n) is 9.79. The van der Waals surface area contributed by atoms with E-state index in [1.54, 1.807) is 10.4 Å². The van der Waals surface area contributed by atoms with E-state index in [0.29, 0.717) is 19.4 Å². The molecule has 1 fully saturated rings. The largest absolute Gasteiger partial charge is 0.372 e. The van der Waals surface area contributed by atoms with Crippen molar-refractivity contribution in [3.63, 3.8) is 0 Å². The first-order valence-corrected chi connectivity index (χ1v) is 13.7. The molecule has 38 heavy (non-hydrogen) atoms. The van der Waals surface area contributed by atoms with Gasteiger partial charge in [0, 0.05) is 43.1 Å². The summed E-state index contributed by atoms with van der Waals surface area (Å²) >= 11 is 0. The molecule has 7 nitrogen and oxygen atoms in total. The number of nitrogens with zero attached hydrogens (tertiary/aromatic N) is 2. The number of benzene rings is 3. The molecule has 3 N–H and O–H groups in total. The number of anilines is 3. The van der Waals surface area contributed by atoms with Crippen LogP contribution in [0.3, 0.4) is 0 Å². The van der Waals surface area contributed by atoms with Crippen LogP contribution in [-0.4, -0.2) is 36.8 Å². The molecule has 7 heteroatoms. The van der Waals surface area contributed by atoms with Crippen molar-refractivity contribution in [1.82, 2.24) is 5.48 Å². The van der Waals surface area contributed by atoms with Gasteiger partial charge in [-0.15, -0.1) is 0 Å². The fourth-order valence-corrected chi connectivity index (χ4v) is 4.88. The molecular formula is C31H38N4O3. The van der Waals surface area contributed by atoms with E-state index in [-0.39, 0.29) is 11.9 Å². The molecule has 0 unspecified atom stereocenters. The number of hydrogen-bond acceptors (Lipinski definition) is 4. The molecule has 3 amide bonds. The standard InChI is InChI=1S/C31H38N4O3/c36-30(33-38)13-7-1-2-10-24-35(29-20-18-28(19-21-29)34-22-8-4-9-23-34)31(37)32-27-16-14-26(15-17-27)25-11-5-3-6-12-25/h3,5-6,11-12,14-21,38H,1-2,4,7-10,13,22-24H2,(H,32,37)(H,33,36). The summed E-state index contributed by atoms with van der Waals surface area (Å²) in [6.45, 7) is 2.73. The van der Waals surface area contributed by atoms with Crippen LogP contribution in [-0.2, 0) is 4.79 Å². The lowest BCUT2D eigenvalue weighted by Gasteiger charge is -2.29. The number of urea groups is 1. The van der Waals surface area contributed by atoms with Crippen LogP contribution in [0.25, 0.3) is 11.1 Å². The van der Waals surface area contributed by atoms with Crippen molar-refractivity contribution in [3.05, 3.63) is 78.9 Å². The molecule has 0 aromatic heterocycles.